The molecule has 0 saturated heterocycles. The van der Waals surface area contributed by atoms with Gasteiger partial charge in [0, 0.05) is 24.2 Å². The van der Waals surface area contributed by atoms with Crippen molar-refractivity contribution >= 4 is 35.0 Å². The molecule has 0 aliphatic carbocycles. The van der Waals surface area contributed by atoms with Gasteiger partial charge in [-0.25, -0.2) is 0 Å². The number of hydrogen-bond donors (Lipinski definition) is 1. The maximum atomic E-state index is 12.6. The summed E-state index contributed by atoms with van der Waals surface area (Å²) in [6.07, 6.45) is 0. The fourth-order valence-electron chi connectivity index (χ4n) is 3.19. The van der Waals surface area contributed by atoms with Gasteiger partial charge in [0.1, 0.15) is 11.5 Å². The number of halogens is 1. The summed E-state index contributed by atoms with van der Waals surface area (Å²) in [6.45, 7) is 7.06. The van der Waals surface area contributed by atoms with E-state index in [0.29, 0.717) is 39.8 Å². The monoisotopic (exact) mass is 474 g/mol. The van der Waals surface area contributed by atoms with Crippen molar-refractivity contribution in [2.75, 3.05) is 25.3 Å². The molecular weight excluding hydrogens is 448 g/mol. The molecule has 1 N–H and O–H groups in total. The van der Waals surface area contributed by atoms with E-state index in [4.69, 9.17) is 21.1 Å². The lowest BCUT2D eigenvalue weighted by atomic mass is 10.0. The molecular formula is C23H27ClN4O3S. The summed E-state index contributed by atoms with van der Waals surface area (Å²) in [5, 5.41) is 12.6. The van der Waals surface area contributed by atoms with Gasteiger partial charge in [-0.1, -0.05) is 61.5 Å². The Balaban J connectivity index is 1.72. The van der Waals surface area contributed by atoms with Gasteiger partial charge in [0.25, 0.3) is 0 Å². The average molecular weight is 475 g/mol. The number of methoxy groups -OCH3 is 2. The zero-order valence-electron chi connectivity index (χ0n) is 18.8. The molecule has 2 aromatic carbocycles. The van der Waals surface area contributed by atoms with Crippen molar-refractivity contribution in [1.82, 2.24) is 14.8 Å². The molecule has 0 bridgehead atoms. The minimum Gasteiger partial charge on any atom is -0.495 e. The third-order valence-corrected chi connectivity index (χ3v) is 6.21. The van der Waals surface area contributed by atoms with Crippen molar-refractivity contribution in [3.05, 3.63) is 47.0 Å². The van der Waals surface area contributed by atoms with E-state index >= 15 is 0 Å². The molecule has 0 spiro atoms. The van der Waals surface area contributed by atoms with Gasteiger partial charge in [-0.15, -0.1) is 10.2 Å². The van der Waals surface area contributed by atoms with Gasteiger partial charge >= 0.3 is 0 Å². The first-order chi connectivity index (χ1) is 15.4. The summed E-state index contributed by atoms with van der Waals surface area (Å²) in [6, 6.07) is 11.6. The molecule has 1 aromatic heterocycles. The SMILES string of the molecule is CCn1c(SCC(=O)Nc2cc(OC)c(Cl)cc2OC)nnc1-c1ccc(C(C)C)cc1. The lowest BCUT2D eigenvalue weighted by molar-refractivity contribution is -0.113. The average Bonchev–Trinajstić information content (AvgIpc) is 3.21. The molecule has 3 aromatic rings. The number of anilines is 1. The Morgan fingerprint density at radius 2 is 1.81 bits per heavy atom. The number of amides is 1. The topological polar surface area (TPSA) is 78.3 Å². The zero-order chi connectivity index (χ0) is 23.3. The van der Waals surface area contributed by atoms with Crippen LogP contribution < -0.4 is 14.8 Å². The highest BCUT2D eigenvalue weighted by molar-refractivity contribution is 7.99. The third kappa shape index (κ3) is 5.37. The van der Waals surface area contributed by atoms with E-state index in [1.165, 1.54) is 31.5 Å². The minimum absolute atomic E-state index is 0.165. The van der Waals surface area contributed by atoms with E-state index in [9.17, 15) is 4.79 Å². The number of benzene rings is 2. The number of aromatic nitrogens is 3. The van der Waals surface area contributed by atoms with E-state index in [2.05, 4.69) is 53.6 Å². The number of thioether (sulfide) groups is 1. The Labute approximate surface area is 197 Å². The number of carbonyl (C=O) groups excluding carboxylic acids is 1. The number of hydrogen-bond acceptors (Lipinski definition) is 6. The number of ether oxygens (including phenoxy) is 2. The van der Waals surface area contributed by atoms with Crippen molar-refractivity contribution in [2.45, 2.75) is 38.4 Å². The van der Waals surface area contributed by atoms with Crippen LogP contribution in [0.5, 0.6) is 11.5 Å². The molecule has 170 valence electrons. The molecule has 0 fully saturated rings. The van der Waals surface area contributed by atoms with Gasteiger partial charge in [0.2, 0.25) is 5.91 Å². The van der Waals surface area contributed by atoms with Crippen LogP contribution in [0, 0.1) is 0 Å². The quantitative estimate of drug-likeness (QED) is 0.413. The predicted octanol–water partition coefficient (Wildman–Crippen LogP) is 5.49. The van der Waals surface area contributed by atoms with Gasteiger partial charge in [-0.05, 0) is 18.4 Å². The number of rotatable bonds is 9. The Morgan fingerprint density at radius 1 is 1.12 bits per heavy atom. The Hall–Kier alpha value is -2.71. The molecule has 7 nitrogen and oxygen atoms in total. The second-order valence-corrected chi connectivity index (χ2v) is 8.70. The normalized spacial score (nSPS) is 11.0. The smallest absolute Gasteiger partial charge is 0.234 e. The summed E-state index contributed by atoms with van der Waals surface area (Å²) in [5.74, 6) is 2.13. The van der Waals surface area contributed by atoms with Crippen LogP contribution in [0.25, 0.3) is 11.4 Å². The summed E-state index contributed by atoms with van der Waals surface area (Å²) >= 11 is 7.46. The Kier molecular flexibility index (Phi) is 8.04. The molecule has 0 radical (unpaired) electrons. The van der Waals surface area contributed by atoms with Crippen LogP contribution in [-0.2, 0) is 11.3 Å². The van der Waals surface area contributed by atoms with E-state index in [0.717, 1.165) is 11.4 Å². The van der Waals surface area contributed by atoms with Crippen LogP contribution >= 0.6 is 23.4 Å². The number of nitrogens with zero attached hydrogens (tertiary/aromatic N) is 3. The largest absolute Gasteiger partial charge is 0.495 e. The van der Waals surface area contributed by atoms with Gasteiger partial charge in [-0.3, -0.25) is 4.79 Å². The first-order valence-corrected chi connectivity index (χ1v) is 11.6. The predicted molar refractivity (Wildman–Crippen MR) is 129 cm³/mol. The highest BCUT2D eigenvalue weighted by Crippen LogP contribution is 2.36. The summed E-state index contributed by atoms with van der Waals surface area (Å²) < 4.78 is 12.5. The van der Waals surface area contributed by atoms with E-state index in [1.54, 1.807) is 12.1 Å². The minimum atomic E-state index is -0.203. The summed E-state index contributed by atoms with van der Waals surface area (Å²) in [4.78, 5) is 12.6. The molecule has 9 heteroatoms. The summed E-state index contributed by atoms with van der Waals surface area (Å²) in [7, 11) is 3.03. The second kappa shape index (κ2) is 10.7. The lowest BCUT2D eigenvalue weighted by Gasteiger charge is -2.13. The fraction of sp³-hybridized carbons (Fsp3) is 0.348. The van der Waals surface area contributed by atoms with Gasteiger partial charge in [-0.2, -0.15) is 0 Å². The Morgan fingerprint density at radius 3 is 2.41 bits per heavy atom. The van der Waals surface area contributed by atoms with Crippen LogP contribution in [0.3, 0.4) is 0 Å². The van der Waals surface area contributed by atoms with Crippen molar-refractivity contribution in [3.8, 4) is 22.9 Å². The maximum Gasteiger partial charge on any atom is 0.234 e. The molecule has 0 unspecified atom stereocenters. The van der Waals surface area contributed by atoms with Gasteiger partial charge < -0.3 is 19.4 Å². The van der Waals surface area contributed by atoms with E-state index in [-0.39, 0.29) is 11.7 Å². The van der Waals surface area contributed by atoms with Crippen LogP contribution in [0.2, 0.25) is 5.02 Å². The number of nitrogens with one attached hydrogen (secondary N) is 1. The second-order valence-electron chi connectivity index (χ2n) is 7.35. The third-order valence-electron chi connectivity index (χ3n) is 4.95. The van der Waals surface area contributed by atoms with Gasteiger partial charge in [0.05, 0.1) is 30.7 Å². The zero-order valence-corrected chi connectivity index (χ0v) is 20.4. The molecule has 1 heterocycles. The van der Waals surface area contributed by atoms with Crippen molar-refractivity contribution in [3.63, 3.8) is 0 Å². The molecule has 3 rings (SSSR count). The molecule has 1 amide bonds. The van der Waals surface area contributed by atoms with Crippen LogP contribution in [0.1, 0.15) is 32.3 Å². The van der Waals surface area contributed by atoms with E-state index in [1.807, 2.05) is 11.5 Å². The fourth-order valence-corrected chi connectivity index (χ4v) is 4.22. The lowest BCUT2D eigenvalue weighted by Crippen LogP contribution is -2.15. The Bertz CT molecular complexity index is 1080. The van der Waals surface area contributed by atoms with Crippen LogP contribution in [0.4, 0.5) is 5.69 Å². The first-order valence-electron chi connectivity index (χ1n) is 10.3. The van der Waals surface area contributed by atoms with Gasteiger partial charge in [0.15, 0.2) is 11.0 Å². The molecule has 32 heavy (non-hydrogen) atoms. The highest BCUT2D eigenvalue weighted by Gasteiger charge is 2.17. The first kappa shape index (κ1) is 23.9. The molecule has 0 saturated carbocycles. The molecule has 0 aliphatic heterocycles. The van der Waals surface area contributed by atoms with Crippen molar-refractivity contribution in [1.29, 1.82) is 0 Å². The van der Waals surface area contributed by atoms with Crippen LogP contribution in [0.15, 0.2) is 41.6 Å². The molecule has 0 aliphatic rings. The molecule has 0 atom stereocenters. The van der Waals surface area contributed by atoms with Crippen molar-refractivity contribution in [2.24, 2.45) is 0 Å². The number of carbonyl (C=O) groups is 1. The summed E-state index contributed by atoms with van der Waals surface area (Å²) in [5.41, 5.74) is 2.76. The van der Waals surface area contributed by atoms with Crippen molar-refractivity contribution < 1.29 is 14.3 Å². The highest BCUT2D eigenvalue weighted by atomic mass is 35.5. The van der Waals surface area contributed by atoms with Crippen LogP contribution in [-0.4, -0.2) is 40.6 Å². The standard InChI is InChI=1S/C23H27ClN4O3S/c1-6-28-22(16-9-7-15(8-10-16)14(2)3)26-27-23(28)32-13-21(29)25-18-12-19(30-4)17(24)11-20(18)31-5/h7-12,14H,6,13H2,1-5H3,(H,25,29). The maximum absolute atomic E-state index is 12.6. The van der Waals surface area contributed by atoms with E-state index < -0.39 is 0 Å².